The van der Waals surface area contributed by atoms with E-state index >= 15 is 0 Å². The van der Waals surface area contributed by atoms with Gasteiger partial charge in [-0.1, -0.05) is 31.9 Å². The molecule has 0 spiro atoms. The number of hydrogen-bond donors (Lipinski definition) is 3. The SMILES string of the molecule is CCCCC(CN)NC(=O)CSC(C)c1nc2ccccc2[nH]1.Cl. The van der Waals surface area contributed by atoms with Crippen LogP contribution in [0.4, 0.5) is 0 Å². The molecular formula is C17H27ClN4OS. The molecule has 0 bridgehead atoms. The Bertz CT molecular complexity index is 601. The van der Waals surface area contributed by atoms with E-state index in [2.05, 4.69) is 29.1 Å². The van der Waals surface area contributed by atoms with Crippen molar-refractivity contribution in [3.05, 3.63) is 30.1 Å². The van der Waals surface area contributed by atoms with Crippen molar-refractivity contribution >= 4 is 41.1 Å². The van der Waals surface area contributed by atoms with E-state index in [9.17, 15) is 4.79 Å². The van der Waals surface area contributed by atoms with Gasteiger partial charge in [0.2, 0.25) is 5.91 Å². The van der Waals surface area contributed by atoms with Crippen LogP contribution in [0, 0.1) is 0 Å². The number of aromatic amines is 1. The number of nitrogens with zero attached hydrogens (tertiary/aromatic N) is 1. The number of imidazole rings is 1. The maximum atomic E-state index is 12.1. The van der Waals surface area contributed by atoms with Gasteiger partial charge in [0, 0.05) is 12.6 Å². The number of hydrogen-bond acceptors (Lipinski definition) is 4. The van der Waals surface area contributed by atoms with Crippen LogP contribution in [0.5, 0.6) is 0 Å². The number of nitrogens with one attached hydrogen (secondary N) is 2. The first-order valence-corrected chi connectivity index (χ1v) is 9.24. The van der Waals surface area contributed by atoms with Crippen molar-refractivity contribution in [1.29, 1.82) is 0 Å². The topological polar surface area (TPSA) is 83.8 Å². The Labute approximate surface area is 154 Å². The molecule has 0 saturated carbocycles. The second-order valence-corrected chi connectivity index (χ2v) is 7.06. The molecule has 134 valence electrons. The molecule has 2 unspecified atom stereocenters. The maximum Gasteiger partial charge on any atom is 0.230 e. The Hall–Kier alpha value is -1.24. The number of amides is 1. The minimum atomic E-state index is 0. The molecule has 0 aliphatic heterocycles. The highest BCUT2D eigenvalue weighted by atomic mass is 35.5. The van der Waals surface area contributed by atoms with Crippen LogP contribution in [0.1, 0.15) is 44.2 Å². The lowest BCUT2D eigenvalue weighted by molar-refractivity contribution is -0.119. The second-order valence-electron chi connectivity index (χ2n) is 5.73. The van der Waals surface area contributed by atoms with Crippen LogP contribution in [-0.4, -0.2) is 34.2 Å². The maximum absolute atomic E-state index is 12.1. The van der Waals surface area contributed by atoms with Crippen LogP contribution in [0.25, 0.3) is 11.0 Å². The van der Waals surface area contributed by atoms with E-state index in [-0.39, 0.29) is 29.6 Å². The number of fused-ring (bicyclic) bond motifs is 1. The summed E-state index contributed by atoms with van der Waals surface area (Å²) in [5, 5.41) is 3.16. The van der Waals surface area contributed by atoms with E-state index in [1.54, 1.807) is 11.8 Å². The third-order valence-corrected chi connectivity index (χ3v) is 4.97. The van der Waals surface area contributed by atoms with E-state index in [0.29, 0.717) is 12.3 Å². The van der Waals surface area contributed by atoms with Gasteiger partial charge in [-0.2, -0.15) is 0 Å². The molecule has 0 aliphatic rings. The van der Waals surface area contributed by atoms with Gasteiger partial charge in [0.25, 0.3) is 0 Å². The lowest BCUT2D eigenvalue weighted by Crippen LogP contribution is -2.41. The normalized spacial score (nSPS) is 13.3. The van der Waals surface area contributed by atoms with Crippen molar-refractivity contribution < 1.29 is 4.79 Å². The highest BCUT2D eigenvalue weighted by molar-refractivity contribution is 8.00. The molecule has 2 rings (SSSR count). The largest absolute Gasteiger partial charge is 0.351 e. The van der Waals surface area contributed by atoms with Crippen LogP contribution in [0.15, 0.2) is 24.3 Å². The standard InChI is InChI=1S/C17H26N4OS.ClH/c1-3-4-7-13(10-18)19-16(22)11-23-12(2)17-20-14-8-5-6-9-15(14)21-17;/h5-6,8-9,12-13H,3-4,7,10-11,18H2,1-2H3,(H,19,22)(H,20,21);1H. The number of carbonyl (C=O) groups is 1. The van der Waals surface area contributed by atoms with Crippen LogP contribution in [-0.2, 0) is 4.79 Å². The molecule has 1 aromatic carbocycles. The van der Waals surface area contributed by atoms with Crippen molar-refractivity contribution in [2.24, 2.45) is 5.73 Å². The number of carbonyl (C=O) groups excluding carboxylic acids is 1. The van der Waals surface area contributed by atoms with Gasteiger partial charge in [0.05, 0.1) is 22.0 Å². The molecule has 1 aromatic heterocycles. The molecule has 24 heavy (non-hydrogen) atoms. The average molecular weight is 371 g/mol. The molecule has 0 aliphatic carbocycles. The highest BCUT2D eigenvalue weighted by Crippen LogP contribution is 2.27. The van der Waals surface area contributed by atoms with E-state index < -0.39 is 0 Å². The summed E-state index contributed by atoms with van der Waals surface area (Å²) in [7, 11) is 0. The molecular weight excluding hydrogens is 344 g/mol. The predicted molar refractivity (Wildman–Crippen MR) is 105 cm³/mol. The number of rotatable bonds is 9. The van der Waals surface area contributed by atoms with Crippen molar-refractivity contribution in [3.63, 3.8) is 0 Å². The molecule has 0 saturated heterocycles. The molecule has 1 amide bonds. The Morgan fingerprint density at radius 3 is 2.83 bits per heavy atom. The van der Waals surface area contributed by atoms with Crippen LogP contribution < -0.4 is 11.1 Å². The van der Waals surface area contributed by atoms with Gasteiger partial charge in [-0.05, 0) is 25.5 Å². The smallest absolute Gasteiger partial charge is 0.230 e. The summed E-state index contributed by atoms with van der Waals surface area (Å²) in [4.78, 5) is 20.0. The first-order valence-electron chi connectivity index (χ1n) is 8.19. The Kier molecular flexibility index (Phi) is 9.18. The summed E-state index contributed by atoms with van der Waals surface area (Å²) in [6.07, 6.45) is 3.15. The summed E-state index contributed by atoms with van der Waals surface area (Å²) in [6.45, 7) is 4.70. The fourth-order valence-corrected chi connectivity index (χ4v) is 3.17. The molecule has 2 aromatic rings. The first kappa shape index (κ1) is 20.8. The van der Waals surface area contributed by atoms with Crippen molar-refractivity contribution in [1.82, 2.24) is 15.3 Å². The second kappa shape index (κ2) is 10.6. The monoisotopic (exact) mass is 370 g/mol. The fraction of sp³-hybridized carbons (Fsp3) is 0.529. The third kappa shape index (κ3) is 6.00. The van der Waals surface area contributed by atoms with E-state index in [1.165, 1.54) is 0 Å². The molecule has 5 nitrogen and oxygen atoms in total. The minimum Gasteiger partial charge on any atom is -0.351 e. The number of H-pyrrole nitrogens is 1. The third-order valence-electron chi connectivity index (χ3n) is 3.81. The summed E-state index contributed by atoms with van der Waals surface area (Å²) in [6, 6.07) is 8.04. The molecule has 0 radical (unpaired) electrons. The molecule has 2 atom stereocenters. The minimum absolute atomic E-state index is 0. The summed E-state index contributed by atoms with van der Waals surface area (Å²) in [5.41, 5.74) is 7.71. The molecule has 7 heteroatoms. The Morgan fingerprint density at radius 2 is 2.17 bits per heavy atom. The average Bonchev–Trinajstić information content (AvgIpc) is 3.00. The van der Waals surface area contributed by atoms with Gasteiger partial charge >= 0.3 is 0 Å². The fourth-order valence-electron chi connectivity index (χ4n) is 2.41. The van der Waals surface area contributed by atoms with E-state index in [4.69, 9.17) is 5.73 Å². The van der Waals surface area contributed by atoms with Crippen LogP contribution in [0.3, 0.4) is 0 Å². The lowest BCUT2D eigenvalue weighted by atomic mass is 10.1. The summed E-state index contributed by atoms with van der Waals surface area (Å²) < 4.78 is 0. The van der Waals surface area contributed by atoms with Gasteiger partial charge in [0.15, 0.2) is 0 Å². The van der Waals surface area contributed by atoms with Crippen LogP contribution in [0.2, 0.25) is 0 Å². The Balaban J connectivity index is 0.00000288. The summed E-state index contributed by atoms with van der Waals surface area (Å²) in [5.74, 6) is 1.37. The molecule has 1 heterocycles. The quantitative estimate of drug-likeness (QED) is 0.631. The molecule has 4 N–H and O–H groups in total. The van der Waals surface area contributed by atoms with Crippen molar-refractivity contribution in [3.8, 4) is 0 Å². The number of halogens is 1. The zero-order valence-corrected chi connectivity index (χ0v) is 15.9. The van der Waals surface area contributed by atoms with E-state index in [0.717, 1.165) is 36.1 Å². The lowest BCUT2D eigenvalue weighted by Gasteiger charge is -2.17. The Morgan fingerprint density at radius 1 is 1.42 bits per heavy atom. The first-order chi connectivity index (χ1) is 11.1. The number of thioether (sulfide) groups is 1. The van der Waals surface area contributed by atoms with Gasteiger partial charge in [-0.25, -0.2) is 4.98 Å². The van der Waals surface area contributed by atoms with Gasteiger partial charge in [0.1, 0.15) is 5.82 Å². The number of para-hydroxylation sites is 2. The number of unbranched alkanes of at least 4 members (excludes halogenated alkanes) is 1. The zero-order chi connectivity index (χ0) is 16.7. The van der Waals surface area contributed by atoms with E-state index in [1.807, 2.05) is 24.3 Å². The number of nitrogens with two attached hydrogens (primary N) is 1. The van der Waals surface area contributed by atoms with Crippen molar-refractivity contribution in [2.45, 2.75) is 44.4 Å². The van der Waals surface area contributed by atoms with Gasteiger partial charge in [-0.3, -0.25) is 4.79 Å². The number of benzene rings is 1. The predicted octanol–water partition coefficient (Wildman–Crippen LogP) is 3.41. The highest BCUT2D eigenvalue weighted by Gasteiger charge is 2.15. The van der Waals surface area contributed by atoms with Gasteiger partial charge in [-0.15, -0.1) is 24.2 Å². The van der Waals surface area contributed by atoms with Crippen LogP contribution >= 0.6 is 24.2 Å². The van der Waals surface area contributed by atoms with Crippen molar-refractivity contribution in [2.75, 3.05) is 12.3 Å². The summed E-state index contributed by atoms with van der Waals surface area (Å²) >= 11 is 1.58. The zero-order valence-electron chi connectivity index (χ0n) is 14.2. The molecule has 0 fully saturated rings. The number of aromatic nitrogens is 2. The van der Waals surface area contributed by atoms with Gasteiger partial charge < -0.3 is 16.0 Å².